The van der Waals surface area contributed by atoms with Crippen LogP contribution in [0.5, 0.6) is 0 Å². The van der Waals surface area contributed by atoms with Crippen LogP contribution in [-0.2, 0) is 9.47 Å². The Morgan fingerprint density at radius 1 is 1.57 bits per heavy atom. The molecule has 0 aromatic heterocycles. The minimum absolute atomic E-state index is 0.0376. The summed E-state index contributed by atoms with van der Waals surface area (Å²) in [6.07, 6.45) is 5.34. The number of carbonyl (C=O) groups excluding carboxylic acids is 1. The Hall–Kier alpha value is -1.18. The molecule has 0 radical (unpaired) electrons. The van der Waals surface area contributed by atoms with Gasteiger partial charge in [-0.25, -0.2) is 0 Å². The summed E-state index contributed by atoms with van der Waals surface area (Å²) in [4.78, 5) is 18.5. The van der Waals surface area contributed by atoms with Crippen LogP contribution >= 0.6 is 11.8 Å². The average Bonchev–Trinajstić information content (AvgIpc) is 2.95. The van der Waals surface area contributed by atoms with Crippen molar-refractivity contribution in [2.45, 2.75) is 45.3 Å². The number of urea groups is 1. The molecule has 0 bridgehead atoms. The van der Waals surface area contributed by atoms with Gasteiger partial charge in [-0.3, -0.25) is 0 Å². The first kappa shape index (κ1) is 18.2. The Labute approximate surface area is 142 Å². The predicted octanol–water partition coefficient (Wildman–Crippen LogP) is 2.34. The standard InChI is InChI=1S/C16H26N3O3S/c1-5-19(12(3)4)14-7-8-18(16(20)17-14)9-13-11-23-15(22-13)10-21-6-2/h7-9,12-13,15H,5-6,10-11H2,1-4H3/q+1/b18-9-/t13?,15-/m1/s1. The maximum absolute atomic E-state index is 12.2. The maximum Gasteiger partial charge on any atom is 0.546 e. The second-order valence-electron chi connectivity index (χ2n) is 5.60. The van der Waals surface area contributed by atoms with E-state index in [0.29, 0.717) is 25.1 Å². The van der Waals surface area contributed by atoms with Gasteiger partial charge >= 0.3 is 6.03 Å². The van der Waals surface area contributed by atoms with Crippen LogP contribution in [0.4, 0.5) is 4.79 Å². The molecule has 2 atom stereocenters. The first-order chi connectivity index (χ1) is 11.0. The number of nitrogens with zero attached hydrogens (tertiary/aromatic N) is 3. The first-order valence-corrected chi connectivity index (χ1v) is 9.15. The van der Waals surface area contributed by atoms with E-state index < -0.39 is 0 Å². The van der Waals surface area contributed by atoms with Gasteiger partial charge in [-0.05, 0) is 27.7 Å². The van der Waals surface area contributed by atoms with Crippen molar-refractivity contribution in [1.82, 2.24) is 4.90 Å². The molecule has 2 aliphatic rings. The van der Waals surface area contributed by atoms with Gasteiger partial charge in [-0.15, -0.1) is 11.8 Å². The molecule has 23 heavy (non-hydrogen) atoms. The molecule has 0 spiro atoms. The summed E-state index contributed by atoms with van der Waals surface area (Å²) in [5.41, 5.74) is 0.0376. The maximum atomic E-state index is 12.2. The smallest absolute Gasteiger partial charge is 0.378 e. The van der Waals surface area contributed by atoms with Crippen molar-refractivity contribution in [3.05, 3.63) is 12.3 Å². The number of rotatable bonds is 6. The lowest BCUT2D eigenvalue weighted by Crippen LogP contribution is -2.38. The van der Waals surface area contributed by atoms with E-state index in [0.717, 1.165) is 12.3 Å². The Morgan fingerprint density at radius 2 is 2.35 bits per heavy atom. The van der Waals surface area contributed by atoms with Crippen molar-refractivity contribution in [2.24, 2.45) is 4.99 Å². The number of aliphatic imine (C=N–C) groups is 1. The third-order valence-corrected chi connectivity index (χ3v) is 4.77. The van der Waals surface area contributed by atoms with Crippen LogP contribution in [0.2, 0.25) is 0 Å². The lowest BCUT2D eigenvalue weighted by Gasteiger charge is -2.24. The molecular formula is C16H26N3O3S+. The Kier molecular flexibility index (Phi) is 6.80. The van der Waals surface area contributed by atoms with E-state index in [9.17, 15) is 4.79 Å². The number of amidine groups is 1. The summed E-state index contributed by atoms with van der Waals surface area (Å²) in [7, 11) is 0. The summed E-state index contributed by atoms with van der Waals surface area (Å²) in [5, 5.41) is 0. The second kappa shape index (κ2) is 8.61. The number of likely N-dealkylation sites (N-methyl/N-ethyl adjacent to an activating group) is 1. The van der Waals surface area contributed by atoms with Gasteiger partial charge in [-0.1, -0.05) is 0 Å². The van der Waals surface area contributed by atoms with Crippen molar-refractivity contribution in [3.63, 3.8) is 0 Å². The van der Waals surface area contributed by atoms with E-state index in [4.69, 9.17) is 9.47 Å². The molecule has 2 heterocycles. The number of hydrogen-bond donors (Lipinski definition) is 0. The SMILES string of the molecule is CCOC[C@@H]1OC(/C=[N+]2/C=CC(N(CC)C(C)C)=NC2=O)CS1. The predicted molar refractivity (Wildman–Crippen MR) is 93.4 cm³/mol. The van der Waals surface area contributed by atoms with E-state index in [1.807, 2.05) is 13.0 Å². The van der Waals surface area contributed by atoms with Crippen LogP contribution in [0.3, 0.4) is 0 Å². The molecule has 6 nitrogen and oxygen atoms in total. The summed E-state index contributed by atoms with van der Waals surface area (Å²) in [6, 6.07) is 0.0316. The van der Waals surface area contributed by atoms with Gasteiger partial charge in [0.25, 0.3) is 5.84 Å². The van der Waals surface area contributed by atoms with Crippen LogP contribution in [0.15, 0.2) is 17.3 Å². The number of thioether (sulfide) groups is 1. The van der Waals surface area contributed by atoms with Gasteiger partial charge in [0, 0.05) is 36.0 Å². The van der Waals surface area contributed by atoms with Crippen molar-refractivity contribution in [3.8, 4) is 0 Å². The molecule has 2 amide bonds. The summed E-state index contributed by atoms with van der Waals surface area (Å²) >= 11 is 1.71. The fourth-order valence-corrected chi connectivity index (χ4v) is 3.49. The topological polar surface area (TPSA) is 54.1 Å². The zero-order chi connectivity index (χ0) is 16.8. The van der Waals surface area contributed by atoms with Gasteiger partial charge in [0.1, 0.15) is 24.0 Å². The van der Waals surface area contributed by atoms with Gasteiger partial charge < -0.3 is 14.4 Å². The van der Waals surface area contributed by atoms with Crippen LogP contribution in [0.25, 0.3) is 0 Å². The highest BCUT2D eigenvalue weighted by Crippen LogP contribution is 2.24. The van der Waals surface area contributed by atoms with Gasteiger partial charge in [0.2, 0.25) is 0 Å². The largest absolute Gasteiger partial charge is 0.546 e. The van der Waals surface area contributed by atoms with Crippen molar-refractivity contribution < 1.29 is 18.8 Å². The van der Waals surface area contributed by atoms with Crippen molar-refractivity contribution in [2.75, 3.05) is 25.5 Å². The monoisotopic (exact) mass is 340 g/mol. The number of hydrogen-bond acceptors (Lipinski definition) is 5. The van der Waals surface area contributed by atoms with Crippen LogP contribution in [-0.4, -0.2) is 70.6 Å². The molecular weight excluding hydrogens is 314 g/mol. The van der Waals surface area contributed by atoms with Crippen LogP contribution < -0.4 is 0 Å². The molecule has 0 saturated carbocycles. The number of carbonyl (C=O) groups is 1. The average molecular weight is 340 g/mol. The Balaban J connectivity index is 1.98. The van der Waals surface area contributed by atoms with E-state index in [-0.39, 0.29) is 17.6 Å². The van der Waals surface area contributed by atoms with Crippen LogP contribution in [0, 0.1) is 0 Å². The number of ether oxygens (including phenoxy) is 2. The zero-order valence-corrected chi connectivity index (χ0v) is 15.1. The summed E-state index contributed by atoms with van der Waals surface area (Å²) in [6.45, 7) is 10.3. The highest BCUT2D eigenvalue weighted by molar-refractivity contribution is 8.00. The summed E-state index contributed by atoms with van der Waals surface area (Å²) in [5.74, 6) is 1.53. The second-order valence-corrected chi connectivity index (χ2v) is 6.79. The fraction of sp³-hybridized carbons (Fsp3) is 0.688. The quantitative estimate of drug-likeness (QED) is 0.695. The molecule has 0 aromatic rings. The molecule has 2 aliphatic heterocycles. The minimum atomic E-state index is -0.275. The summed E-state index contributed by atoms with van der Waals surface area (Å²) < 4.78 is 12.7. The Bertz CT molecular complexity index is 517. The molecule has 2 rings (SSSR count). The third-order valence-electron chi connectivity index (χ3n) is 3.63. The van der Waals surface area contributed by atoms with E-state index in [2.05, 4.69) is 30.7 Å². The lowest BCUT2D eigenvalue weighted by atomic mass is 10.3. The molecule has 1 saturated heterocycles. The van der Waals surface area contributed by atoms with E-state index >= 15 is 0 Å². The fourth-order valence-electron chi connectivity index (χ4n) is 2.50. The lowest BCUT2D eigenvalue weighted by molar-refractivity contribution is -0.346. The minimum Gasteiger partial charge on any atom is -0.378 e. The molecule has 128 valence electrons. The molecule has 1 unspecified atom stereocenters. The molecule has 0 N–H and O–H groups in total. The zero-order valence-electron chi connectivity index (χ0n) is 14.3. The third kappa shape index (κ3) is 4.89. The Morgan fingerprint density at radius 3 is 2.96 bits per heavy atom. The van der Waals surface area contributed by atoms with Gasteiger partial charge in [-0.2, -0.15) is 9.37 Å². The molecule has 7 heteroatoms. The highest BCUT2D eigenvalue weighted by atomic mass is 32.2. The van der Waals surface area contributed by atoms with E-state index in [1.165, 1.54) is 4.58 Å². The normalized spacial score (nSPS) is 26.2. The highest BCUT2D eigenvalue weighted by Gasteiger charge is 2.30. The molecule has 1 fully saturated rings. The van der Waals surface area contributed by atoms with Crippen molar-refractivity contribution in [1.29, 1.82) is 0 Å². The van der Waals surface area contributed by atoms with Gasteiger partial charge in [0.15, 0.2) is 0 Å². The number of amides is 2. The van der Waals surface area contributed by atoms with E-state index in [1.54, 1.807) is 24.2 Å². The van der Waals surface area contributed by atoms with Crippen molar-refractivity contribution >= 4 is 29.8 Å². The first-order valence-electron chi connectivity index (χ1n) is 8.10. The molecule has 0 aliphatic carbocycles. The van der Waals surface area contributed by atoms with Crippen LogP contribution in [0.1, 0.15) is 27.7 Å². The molecule has 0 aromatic carbocycles. The van der Waals surface area contributed by atoms with Gasteiger partial charge in [0.05, 0.1) is 6.61 Å².